The van der Waals surface area contributed by atoms with Gasteiger partial charge in [0, 0.05) is 34.1 Å². The van der Waals surface area contributed by atoms with Crippen LogP contribution in [0.1, 0.15) is 35.3 Å². The number of imidazole rings is 1. The standard InChI is InChI=1S/C29H29ClN4O2/c1-19(2)33(28(36)23-9-5-20(3)6-10-23)18-27(35)32-29-31-26(22-11-13-24(30)14-12-22)17-34(29)25-15-7-21(4)8-16-25/h5-17,19H,18H2,1-4H3,(H,31,32,35). The van der Waals surface area contributed by atoms with Crippen molar-refractivity contribution in [2.75, 3.05) is 11.9 Å². The van der Waals surface area contributed by atoms with Crippen LogP contribution in [0.2, 0.25) is 5.02 Å². The first-order valence-electron chi connectivity index (χ1n) is 11.8. The van der Waals surface area contributed by atoms with Crippen molar-refractivity contribution in [1.29, 1.82) is 0 Å². The first-order chi connectivity index (χ1) is 17.2. The second-order valence-electron chi connectivity index (χ2n) is 9.10. The van der Waals surface area contributed by atoms with Crippen molar-refractivity contribution in [2.24, 2.45) is 0 Å². The van der Waals surface area contributed by atoms with E-state index in [0.717, 1.165) is 22.4 Å². The summed E-state index contributed by atoms with van der Waals surface area (Å²) in [5, 5.41) is 3.56. The molecule has 1 N–H and O–H groups in total. The number of benzene rings is 3. The van der Waals surface area contributed by atoms with Gasteiger partial charge in [-0.15, -0.1) is 0 Å². The first kappa shape index (κ1) is 25.2. The lowest BCUT2D eigenvalue weighted by molar-refractivity contribution is -0.117. The Labute approximate surface area is 216 Å². The van der Waals surface area contributed by atoms with Gasteiger partial charge in [0.15, 0.2) is 0 Å². The normalized spacial score (nSPS) is 10.9. The largest absolute Gasteiger partial charge is 0.327 e. The minimum Gasteiger partial charge on any atom is -0.327 e. The Bertz CT molecular complexity index is 1360. The third-order valence-corrected chi connectivity index (χ3v) is 6.16. The predicted octanol–water partition coefficient (Wildman–Crippen LogP) is 6.30. The maximum atomic E-state index is 13.2. The third kappa shape index (κ3) is 5.83. The van der Waals surface area contributed by atoms with Crippen LogP contribution in [0.25, 0.3) is 16.9 Å². The summed E-state index contributed by atoms with van der Waals surface area (Å²) in [6.07, 6.45) is 1.88. The van der Waals surface area contributed by atoms with Crippen LogP contribution in [0.3, 0.4) is 0 Å². The number of hydrogen-bond donors (Lipinski definition) is 1. The molecule has 4 rings (SSSR count). The van der Waals surface area contributed by atoms with Gasteiger partial charge in [-0.2, -0.15) is 0 Å². The molecule has 1 heterocycles. The van der Waals surface area contributed by atoms with Crippen molar-refractivity contribution in [2.45, 2.75) is 33.7 Å². The smallest absolute Gasteiger partial charge is 0.254 e. The van der Waals surface area contributed by atoms with Gasteiger partial charge in [-0.3, -0.25) is 19.5 Å². The van der Waals surface area contributed by atoms with Crippen molar-refractivity contribution in [3.05, 3.63) is 101 Å². The van der Waals surface area contributed by atoms with Gasteiger partial charge in [-0.25, -0.2) is 4.98 Å². The lowest BCUT2D eigenvalue weighted by atomic mass is 10.1. The zero-order valence-corrected chi connectivity index (χ0v) is 21.6. The summed E-state index contributed by atoms with van der Waals surface area (Å²) >= 11 is 6.05. The van der Waals surface area contributed by atoms with E-state index in [0.29, 0.717) is 22.2 Å². The van der Waals surface area contributed by atoms with Gasteiger partial charge >= 0.3 is 0 Å². The molecule has 7 heteroatoms. The van der Waals surface area contributed by atoms with Gasteiger partial charge in [-0.1, -0.05) is 59.1 Å². The van der Waals surface area contributed by atoms with Crippen LogP contribution in [-0.4, -0.2) is 38.9 Å². The van der Waals surface area contributed by atoms with E-state index >= 15 is 0 Å². The van der Waals surface area contributed by atoms with Crippen LogP contribution in [0.4, 0.5) is 5.95 Å². The molecule has 0 aliphatic carbocycles. The molecule has 36 heavy (non-hydrogen) atoms. The van der Waals surface area contributed by atoms with Crippen molar-refractivity contribution in [1.82, 2.24) is 14.5 Å². The predicted molar refractivity (Wildman–Crippen MR) is 145 cm³/mol. The highest BCUT2D eigenvalue weighted by Gasteiger charge is 2.23. The molecule has 0 fully saturated rings. The summed E-state index contributed by atoms with van der Waals surface area (Å²) < 4.78 is 1.84. The quantitative estimate of drug-likeness (QED) is 0.324. The topological polar surface area (TPSA) is 67.2 Å². The molecule has 0 saturated carbocycles. The molecule has 6 nitrogen and oxygen atoms in total. The van der Waals surface area contributed by atoms with Gasteiger partial charge in [-0.05, 0) is 64.1 Å². The van der Waals surface area contributed by atoms with E-state index in [1.54, 1.807) is 29.2 Å². The summed E-state index contributed by atoms with van der Waals surface area (Å²) in [5.41, 5.74) is 5.18. The molecule has 0 radical (unpaired) electrons. The van der Waals surface area contributed by atoms with E-state index in [1.165, 1.54) is 0 Å². The molecular formula is C29H29ClN4O2. The van der Waals surface area contributed by atoms with Crippen LogP contribution in [0, 0.1) is 13.8 Å². The summed E-state index contributed by atoms with van der Waals surface area (Å²) in [5.74, 6) is -0.144. The van der Waals surface area contributed by atoms with Gasteiger partial charge in [0.05, 0.1) is 5.69 Å². The maximum Gasteiger partial charge on any atom is 0.254 e. The Morgan fingerprint density at radius 1 is 0.917 bits per heavy atom. The van der Waals surface area contributed by atoms with E-state index in [4.69, 9.17) is 16.6 Å². The Morgan fingerprint density at radius 2 is 1.50 bits per heavy atom. The fourth-order valence-corrected chi connectivity index (χ4v) is 3.93. The van der Waals surface area contributed by atoms with Crippen molar-refractivity contribution in [3.63, 3.8) is 0 Å². The lowest BCUT2D eigenvalue weighted by Gasteiger charge is -2.26. The van der Waals surface area contributed by atoms with Crippen LogP contribution in [0.15, 0.2) is 79.0 Å². The molecule has 3 aromatic carbocycles. The minimum absolute atomic E-state index is 0.0958. The fourth-order valence-electron chi connectivity index (χ4n) is 3.80. The second kappa shape index (κ2) is 10.8. The molecule has 1 aromatic heterocycles. The minimum atomic E-state index is -0.328. The summed E-state index contributed by atoms with van der Waals surface area (Å²) in [4.78, 5) is 32.6. The molecule has 0 atom stereocenters. The Hall–Kier alpha value is -3.90. The third-order valence-electron chi connectivity index (χ3n) is 5.91. The first-order valence-corrected chi connectivity index (χ1v) is 12.2. The number of aryl methyl sites for hydroxylation is 2. The number of nitrogens with zero attached hydrogens (tertiary/aromatic N) is 3. The average Bonchev–Trinajstić information content (AvgIpc) is 3.27. The molecular weight excluding hydrogens is 472 g/mol. The van der Waals surface area contributed by atoms with Crippen LogP contribution < -0.4 is 5.32 Å². The van der Waals surface area contributed by atoms with E-state index in [1.807, 2.05) is 87.0 Å². The van der Waals surface area contributed by atoms with Crippen LogP contribution in [-0.2, 0) is 4.79 Å². The molecule has 0 unspecified atom stereocenters. The second-order valence-corrected chi connectivity index (χ2v) is 9.54. The molecule has 0 bridgehead atoms. The van der Waals surface area contributed by atoms with Gasteiger partial charge in [0.1, 0.15) is 6.54 Å². The number of carbonyl (C=O) groups is 2. The molecule has 0 aliphatic heterocycles. The fraction of sp³-hybridized carbons (Fsp3) is 0.207. The van der Waals surface area contributed by atoms with Crippen LogP contribution >= 0.6 is 11.6 Å². The van der Waals surface area contributed by atoms with Crippen molar-refractivity contribution >= 4 is 29.4 Å². The van der Waals surface area contributed by atoms with Crippen molar-refractivity contribution in [3.8, 4) is 16.9 Å². The maximum absolute atomic E-state index is 13.2. The molecule has 0 aliphatic rings. The van der Waals surface area contributed by atoms with E-state index in [-0.39, 0.29) is 24.4 Å². The summed E-state index contributed by atoms with van der Waals surface area (Å²) in [6, 6.07) is 22.5. The van der Waals surface area contributed by atoms with E-state index < -0.39 is 0 Å². The number of halogens is 1. The zero-order chi connectivity index (χ0) is 25.8. The zero-order valence-electron chi connectivity index (χ0n) is 20.8. The Balaban J connectivity index is 1.61. The number of hydrogen-bond acceptors (Lipinski definition) is 3. The number of amides is 2. The Morgan fingerprint density at radius 3 is 2.08 bits per heavy atom. The van der Waals surface area contributed by atoms with Gasteiger partial charge < -0.3 is 4.90 Å². The lowest BCUT2D eigenvalue weighted by Crippen LogP contribution is -2.42. The van der Waals surface area contributed by atoms with Gasteiger partial charge in [0.25, 0.3) is 5.91 Å². The molecule has 184 valence electrons. The van der Waals surface area contributed by atoms with Crippen LogP contribution in [0.5, 0.6) is 0 Å². The number of anilines is 1. The summed E-state index contributed by atoms with van der Waals surface area (Å²) in [6.45, 7) is 7.68. The number of carbonyl (C=O) groups excluding carboxylic acids is 2. The van der Waals surface area contributed by atoms with E-state index in [2.05, 4.69) is 5.32 Å². The number of rotatable bonds is 7. The number of aromatic nitrogens is 2. The highest BCUT2D eigenvalue weighted by molar-refractivity contribution is 6.30. The van der Waals surface area contributed by atoms with E-state index in [9.17, 15) is 9.59 Å². The van der Waals surface area contributed by atoms with Crippen molar-refractivity contribution < 1.29 is 9.59 Å². The molecule has 0 spiro atoms. The molecule has 4 aromatic rings. The highest BCUT2D eigenvalue weighted by atomic mass is 35.5. The average molecular weight is 501 g/mol. The molecule has 2 amide bonds. The highest BCUT2D eigenvalue weighted by Crippen LogP contribution is 2.26. The summed E-state index contributed by atoms with van der Waals surface area (Å²) in [7, 11) is 0. The Kier molecular flexibility index (Phi) is 7.55. The molecule has 0 saturated heterocycles. The monoisotopic (exact) mass is 500 g/mol. The SMILES string of the molecule is Cc1ccc(C(=O)N(CC(=O)Nc2nc(-c3ccc(Cl)cc3)cn2-c2ccc(C)cc2)C(C)C)cc1. The number of nitrogens with one attached hydrogen (secondary N) is 1. The van der Waals surface area contributed by atoms with Gasteiger partial charge in [0.2, 0.25) is 11.9 Å².